The van der Waals surface area contributed by atoms with Crippen LogP contribution in [0, 0.1) is 0 Å². The van der Waals surface area contributed by atoms with Crippen LogP contribution in [0.15, 0.2) is 12.1 Å². The molecule has 1 aromatic rings. The smallest absolute Gasteiger partial charge is 0.299 e. The van der Waals surface area contributed by atoms with Gasteiger partial charge in [0.25, 0.3) is 11.7 Å². The van der Waals surface area contributed by atoms with E-state index >= 15 is 0 Å². The number of methoxy groups -OCH3 is 1. The van der Waals surface area contributed by atoms with Gasteiger partial charge in [-0.1, -0.05) is 11.6 Å². The van der Waals surface area contributed by atoms with E-state index in [4.69, 9.17) is 16.3 Å². The van der Waals surface area contributed by atoms with Crippen LogP contribution in [0.3, 0.4) is 0 Å². The molecule has 6 heteroatoms. The van der Waals surface area contributed by atoms with E-state index in [0.29, 0.717) is 23.0 Å². The Morgan fingerprint density at radius 1 is 1.29 bits per heavy atom. The molecule has 3 rings (SSSR count). The van der Waals surface area contributed by atoms with Crippen molar-refractivity contribution in [3.05, 3.63) is 22.7 Å². The average Bonchev–Trinajstić information content (AvgIpc) is 3.07. The number of carbonyl (C=O) groups is 2. The van der Waals surface area contributed by atoms with Gasteiger partial charge < -0.3 is 9.64 Å². The van der Waals surface area contributed by atoms with Gasteiger partial charge in [0.05, 0.1) is 49.6 Å². The number of nitrogens with zero attached hydrogens (tertiary/aromatic N) is 1. The zero-order valence-corrected chi connectivity index (χ0v) is 12.7. The second-order valence-corrected chi connectivity index (χ2v) is 5.87. The Balaban J connectivity index is 1.90. The number of Topliss-reactive ketones (excluding diaryl/α,β-unsaturated/α-hetero) is 1. The summed E-state index contributed by atoms with van der Waals surface area (Å²) in [6, 6.07) is 3.29. The van der Waals surface area contributed by atoms with Crippen LogP contribution in [0.4, 0.5) is 5.69 Å². The summed E-state index contributed by atoms with van der Waals surface area (Å²) < 4.78 is 5.30. The number of halogens is 1. The van der Waals surface area contributed by atoms with Gasteiger partial charge in [-0.05, 0) is 12.1 Å². The fraction of sp³-hybridized carbons (Fsp3) is 0.467. The molecule has 0 radical (unpaired) electrons. The van der Waals surface area contributed by atoms with Crippen LogP contribution in [-0.4, -0.2) is 45.0 Å². The minimum atomic E-state index is -0.537. The van der Waals surface area contributed by atoms with Crippen LogP contribution >= 0.6 is 11.6 Å². The molecule has 1 fully saturated rings. The minimum absolute atomic E-state index is 0.275. The number of fused-ring (bicyclic) bond motifs is 1. The maximum atomic E-state index is 12.2. The van der Waals surface area contributed by atoms with Crippen LogP contribution in [0.2, 0.25) is 5.02 Å². The summed E-state index contributed by atoms with van der Waals surface area (Å²) in [5, 5.41) is 0.306. The molecule has 2 aliphatic heterocycles. The fourth-order valence-corrected chi connectivity index (χ4v) is 3.37. The molecule has 2 heterocycles. The van der Waals surface area contributed by atoms with Crippen molar-refractivity contribution in [2.24, 2.45) is 0 Å². The predicted molar refractivity (Wildman–Crippen MR) is 79.5 cm³/mol. The van der Waals surface area contributed by atoms with E-state index in [0.717, 1.165) is 19.6 Å². The van der Waals surface area contributed by atoms with Gasteiger partial charge in [0.1, 0.15) is 5.75 Å². The Morgan fingerprint density at radius 2 is 2.00 bits per heavy atom. The zero-order chi connectivity index (χ0) is 15.0. The lowest BCUT2D eigenvalue weighted by Gasteiger charge is -2.21. The molecule has 1 aromatic carbocycles. The van der Waals surface area contributed by atoms with E-state index in [1.165, 1.54) is 29.8 Å². The van der Waals surface area contributed by atoms with Crippen molar-refractivity contribution >= 4 is 29.0 Å². The normalized spacial score (nSPS) is 18.5. The first-order valence-electron chi connectivity index (χ1n) is 7.19. The summed E-state index contributed by atoms with van der Waals surface area (Å²) in [6.45, 7) is 3.63. The van der Waals surface area contributed by atoms with Crippen molar-refractivity contribution in [1.29, 1.82) is 0 Å². The molecule has 112 valence electrons. The Labute approximate surface area is 128 Å². The van der Waals surface area contributed by atoms with Crippen LogP contribution in [0.1, 0.15) is 23.2 Å². The molecule has 0 atom stereocenters. The molecule has 0 unspecified atom stereocenters. The third-order valence-electron chi connectivity index (χ3n) is 4.25. The summed E-state index contributed by atoms with van der Waals surface area (Å²) in [7, 11) is 1.53. The highest BCUT2D eigenvalue weighted by Crippen LogP contribution is 2.41. The van der Waals surface area contributed by atoms with Gasteiger partial charge in [-0.2, -0.15) is 0 Å². The highest BCUT2D eigenvalue weighted by atomic mass is 35.5. The Kier molecular flexibility index (Phi) is 3.87. The molecule has 1 N–H and O–H groups in total. The third-order valence-corrected chi connectivity index (χ3v) is 4.56. The van der Waals surface area contributed by atoms with Gasteiger partial charge >= 0.3 is 0 Å². The molecule has 0 aromatic heterocycles. The molecule has 1 amide bonds. The number of ketones is 1. The largest absolute Gasteiger partial charge is 0.495 e. The maximum absolute atomic E-state index is 12.2. The standard InChI is InChI=1S/C15H17ClN2O3/c1-21-11-5-4-10(16)12-13(11)18(15(20)14(12)19)9-8-17-6-2-3-7-17/h4-5H,2-3,6-9H2,1H3/p+1. The van der Waals surface area contributed by atoms with Gasteiger partial charge in [0, 0.05) is 12.8 Å². The van der Waals surface area contributed by atoms with Gasteiger partial charge in [-0.15, -0.1) is 0 Å². The maximum Gasteiger partial charge on any atom is 0.299 e. The van der Waals surface area contributed by atoms with Crippen molar-refractivity contribution in [2.75, 3.05) is 38.2 Å². The summed E-state index contributed by atoms with van der Waals surface area (Å²) >= 11 is 6.09. The second-order valence-electron chi connectivity index (χ2n) is 5.47. The molecular formula is C15H18ClN2O3+. The van der Waals surface area contributed by atoms with Crippen molar-refractivity contribution in [2.45, 2.75) is 12.8 Å². The van der Waals surface area contributed by atoms with Crippen LogP contribution in [0.5, 0.6) is 5.75 Å². The lowest BCUT2D eigenvalue weighted by Crippen LogP contribution is -3.10. The number of hydrogen-bond acceptors (Lipinski definition) is 3. The average molecular weight is 310 g/mol. The highest BCUT2D eigenvalue weighted by molar-refractivity contribution is 6.55. The molecule has 5 nitrogen and oxygen atoms in total. The van der Waals surface area contributed by atoms with Crippen LogP contribution in [0.25, 0.3) is 0 Å². The summed E-state index contributed by atoms with van der Waals surface area (Å²) in [4.78, 5) is 27.4. The summed E-state index contributed by atoms with van der Waals surface area (Å²) in [5.74, 6) is -0.523. The van der Waals surface area contributed by atoms with Gasteiger partial charge in [0.2, 0.25) is 0 Å². The van der Waals surface area contributed by atoms with Gasteiger partial charge in [-0.3, -0.25) is 14.5 Å². The van der Waals surface area contributed by atoms with E-state index < -0.39 is 11.7 Å². The number of anilines is 1. The predicted octanol–water partition coefficient (Wildman–Crippen LogP) is 0.557. The number of benzene rings is 1. The number of rotatable bonds is 4. The van der Waals surface area contributed by atoms with Crippen molar-refractivity contribution in [3.8, 4) is 5.75 Å². The van der Waals surface area contributed by atoms with Crippen molar-refractivity contribution in [1.82, 2.24) is 0 Å². The molecule has 0 saturated carbocycles. The highest BCUT2D eigenvalue weighted by Gasteiger charge is 2.40. The van der Waals surface area contributed by atoms with Gasteiger partial charge in [0.15, 0.2) is 0 Å². The molecule has 0 aliphatic carbocycles. The molecular weight excluding hydrogens is 292 g/mol. The molecule has 0 bridgehead atoms. The number of nitrogens with one attached hydrogen (secondary N) is 1. The Bertz CT molecular complexity index is 597. The van der Waals surface area contributed by atoms with Gasteiger partial charge in [-0.25, -0.2) is 0 Å². The first-order chi connectivity index (χ1) is 10.1. The lowest BCUT2D eigenvalue weighted by atomic mass is 10.1. The summed E-state index contributed by atoms with van der Waals surface area (Å²) in [6.07, 6.45) is 2.46. The number of hydrogen-bond donors (Lipinski definition) is 1. The Hall–Kier alpha value is -1.59. The molecule has 1 saturated heterocycles. The van der Waals surface area contributed by atoms with E-state index in [9.17, 15) is 9.59 Å². The Morgan fingerprint density at radius 3 is 2.67 bits per heavy atom. The monoisotopic (exact) mass is 309 g/mol. The number of carbonyl (C=O) groups excluding carboxylic acids is 2. The minimum Gasteiger partial charge on any atom is -0.495 e. The van der Waals surface area contributed by atoms with E-state index in [2.05, 4.69) is 0 Å². The third kappa shape index (κ3) is 2.40. The van der Waals surface area contributed by atoms with E-state index in [1.807, 2.05) is 0 Å². The number of amides is 1. The van der Waals surface area contributed by atoms with Crippen LogP contribution < -0.4 is 14.5 Å². The second kappa shape index (κ2) is 5.66. The molecule has 2 aliphatic rings. The molecule has 21 heavy (non-hydrogen) atoms. The first kappa shape index (κ1) is 14.4. The first-order valence-corrected chi connectivity index (χ1v) is 7.57. The summed E-state index contributed by atoms with van der Waals surface area (Å²) in [5.41, 5.74) is 0.802. The topological polar surface area (TPSA) is 51.1 Å². The van der Waals surface area contributed by atoms with E-state index in [-0.39, 0.29) is 5.56 Å². The van der Waals surface area contributed by atoms with Crippen molar-refractivity contribution in [3.63, 3.8) is 0 Å². The number of likely N-dealkylation sites (tertiary alicyclic amines) is 1. The van der Waals surface area contributed by atoms with Crippen LogP contribution in [-0.2, 0) is 4.79 Å². The van der Waals surface area contributed by atoms with Crippen molar-refractivity contribution < 1.29 is 19.2 Å². The van der Waals surface area contributed by atoms with E-state index in [1.54, 1.807) is 12.1 Å². The number of ether oxygens (including phenoxy) is 1. The lowest BCUT2D eigenvalue weighted by molar-refractivity contribution is -0.885. The molecule has 0 spiro atoms. The fourth-order valence-electron chi connectivity index (χ4n) is 3.14. The SMILES string of the molecule is COc1ccc(Cl)c2c1N(CC[NH+]1CCCC1)C(=O)C2=O. The quantitative estimate of drug-likeness (QED) is 0.827. The number of quaternary nitrogens is 1. The zero-order valence-electron chi connectivity index (χ0n) is 11.9.